The van der Waals surface area contributed by atoms with E-state index in [-0.39, 0.29) is 0 Å². The van der Waals surface area contributed by atoms with Gasteiger partial charge in [-0.05, 0) is 6.92 Å². The molecule has 0 unspecified atom stereocenters. The zero-order chi connectivity index (χ0) is 79.5. The highest BCUT2D eigenvalue weighted by Gasteiger charge is 2.61. The number of rotatable bonds is 27. The van der Waals surface area contributed by atoms with E-state index in [2.05, 4.69) is 16.0 Å². The fourth-order valence-corrected chi connectivity index (χ4v) is 13.9. The molecule has 0 aromatic carbocycles. The van der Waals surface area contributed by atoms with Crippen LogP contribution in [0.3, 0.4) is 0 Å². The first-order valence-electron chi connectivity index (χ1n) is 34.5. The van der Waals surface area contributed by atoms with Crippen molar-refractivity contribution in [2.24, 2.45) is 0 Å². The van der Waals surface area contributed by atoms with Crippen LogP contribution in [0.4, 0.5) is 0 Å². The third-order valence-electron chi connectivity index (χ3n) is 19.9. The number of carbonyl (C=O) groups is 3. The van der Waals surface area contributed by atoms with Gasteiger partial charge in [0.05, 0.1) is 59.0 Å². The number of nitrogens with one attached hydrogen (secondary N) is 3. The van der Waals surface area contributed by atoms with Crippen LogP contribution in [0.15, 0.2) is 0 Å². The quantitative estimate of drug-likeness (QED) is 0.0363. The molecule has 0 aliphatic carbocycles. The van der Waals surface area contributed by atoms with Crippen LogP contribution in [0.2, 0.25) is 0 Å². The molecule has 0 radical (unpaired) electrons. The lowest BCUT2D eigenvalue weighted by Crippen LogP contribution is -2.71. The summed E-state index contributed by atoms with van der Waals surface area (Å²) in [5, 5.41) is 283. The molecule has 9 aliphatic heterocycles. The molecule has 626 valence electrons. The molecule has 48 heteroatoms. The minimum atomic E-state index is -2.56. The minimum Gasteiger partial charge on any atom is -0.394 e. The Labute approximate surface area is 611 Å². The molecule has 3 amide bonds. The van der Waals surface area contributed by atoms with E-state index >= 15 is 0 Å². The van der Waals surface area contributed by atoms with E-state index in [1.165, 1.54) is 6.92 Å². The largest absolute Gasteiger partial charge is 0.394 e. The maximum absolute atomic E-state index is 13.2. The lowest BCUT2D eigenvalue weighted by molar-refractivity contribution is -0.397. The zero-order valence-electron chi connectivity index (χ0n) is 58.0. The summed E-state index contributed by atoms with van der Waals surface area (Å²) in [6, 6.07) is -5.52. The van der Waals surface area contributed by atoms with Crippen LogP contribution in [0.1, 0.15) is 27.7 Å². The maximum Gasteiger partial charge on any atom is 0.217 e. The standard InChI is InChI=1S/C60H101N3O45/c1-13-28(73)37(82)42(87)57(94-13)105-48-27(63-16(4)72)52(91)95-22(10-69)47(48)104-54-26(62-15(3)71)36(81)46(21(9-68)100-54)103-59-45(90)50(107-60-51(40(85)32(77)20(8-67)99-60)108-53-25(61-14(2)70)35(80)29(74)17(5-64)96-53)34(79)24(102-59)12-93-56-44(89)49(106-58-43(88)39(84)31(76)19(7-66)98-58)33(78)23(101-56)11-92-55-41(86)38(83)30(75)18(6-65)97-55/h13,17-60,64-69,73-91H,5-12H2,1-4H3,(H,61,70)(H,62,71)(H,63,72)/t13-,17-,18-,19-,20-,21-,22-,23-,24-,25-,26-,27-,28+,29-,30-,31-,32-,33-,34-,35-,36-,37+,38+,39+,40+,41+,42-,43+,44+,45+,46-,47-,48-,49+,50+,51+,52-,53+,54+,55+,56+,57-,58-,59+,60-/m1/s1. The molecule has 9 heterocycles. The Morgan fingerprint density at radius 1 is 0.259 bits per heavy atom. The molecular formula is C60H101N3O45. The van der Waals surface area contributed by atoms with E-state index in [0.29, 0.717) is 0 Å². The monoisotopic (exact) mass is 1580 g/mol. The van der Waals surface area contributed by atoms with Gasteiger partial charge < -0.3 is 224 Å². The van der Waals surface area contributed by atoms with Crippen molar-refractivity contribution in [3.05, 3.63) is 0 Å². The van der Waals surface area contributed by atoms with Gasteiger partial charge in [0.1, 0.15) is 213 Å². The zero-order valence-corrected chi connectivity index (χ0v) is 58.0. The molecular weight excluding hydrogens is 1480 g/mol. The van der Waals surface area contributed by atoms with E-state index in [0.717, 1.165) is 20.8 Å². The van der Waals surface area contributed by atoms with Crippen LogP contribution in [0, 0.1) is 0 Å². The van der Waals surface area contributed by atoms with Crippen molar-refractivity contribution in [1.82, 2.24) is 16.0 Å². The van der Waals surface area contributed by atoms with Crippen LogP contribution in [0.25, 0.3) is 0 Å². The Morgan fingerprint density at radius 2 is 0.574 bits per heavy atom. The van der Waals surface area contributed by atoms with Crippen molar-refractivity contribution in [3.63, 3.8) is 0 Å². The molecule has 9 aliphatic rings. The van der Waals surface area contributed by atoms with Crippen molar-refractivity contribution in [1.29, 1.82) is 0 Å². The average Bonchev–Trinajstić information content (AvgIpc) is 0.767. The van der Waals surface area contributed by atoms with E-state index in [1.54, 1.807) is 0 Å². The predicted octanol–water partition coefficient (Wildman–Crippen LogP) is -19.2. The first-order valence-corrected chi connectivity index (χ1v) is 34.5. The molecule has 108 heavy (non-hydrogen) atoms. The van der Waals surface area contributed by atoms with Crippen molar-refractivity contribution in [2.45, 2.75) is 304 Å². The normalized spacial score (nSPS) is 50.4. The summed E-state index contributed by atoms with van der Waals surface area (Å²) in [6.07, 6.45) is -86.2. The topological polar surface area (TPSA) is 750 Å². The van der Waals surface area contributed by atoms with Crippen molar-refractivity contribution >= 4 is 17.7 Å². The molecule has 0 spiro atoms. The second-order valence-electron chi connectivity index (χ2n) is 27.5. The summed E-state index contributed by atoms with van der Waals surface area (Å²) in [7, 11) is 0. The number of hydrogen-bond donors (Lipinski definition) is 28. The van der Waals surface area contributed by atoms with E-state index in [9.17, 15) is 142 Å². The number of aliphatic hydroxyl groups is 25. The molecule has 9 saturated heterocycles. The summed E-state index contributed by atoms with van der Waals surface area (Å²) in [5.74, 6) is -2.69. The SMILES string of the molecule is CC(=O)N[C@@H]1[C@@H](O[C@H]2O[C@H](C)[C@H](O)[C@H](O)[C@H]2O)[C@H](O[C@@H]2O[C@H](CO)[C@@H](O[C@@H]3O[C@H](CO[C@H]4O[C@H](CO[C@H]5O[C@H](CO)[C@@H](O)[C@H](O)[C@@H]5O)[C@@H](O)[C@H](O[C@H]5O[C@H](CO)[C@@H](O)[C@H](O)[C@@H]5O)[C@@H]4O)[C@@H](O)[C@H](O[C@H]4O[C@H](CO)[C@@H](O)[C@H](O)[C@@H]4O[C@@H]4O[C@H](CO)[C@@H](O)[C@H](O)[C@H]4NC(C)=O)[C@@H]3O)[C@H](O)[C@H]2NC(C)=O)[C@@H](CO)O[C@H]1O. The third kappa shape index (κ3) is 19.3. The maximum atomic E-state index is 13.2. The van der Waals surface area contributed by atoms with Gasteiger partial charge in [0, 0.05) is 20.8 Å². The molecule has 9 fully saturated rings. The van der Waals surface area contributed by atoms with Crippen LogP contribution >= 0.6 is 0 Å². The smallest absolute Gasteiger partial charge is 0.217 e. The van der Waals surface area contributed by atoms with Crippen LogP contribution < -0.4 is 16.0 Å². The fourth-order valence-electron chi connectivity index (χ4n) is 13.9. The highest BCUT2D eigenvalue weighted by Crippen LogP contribution is 2.40. The van der Waals surface area contributed by atoms with E-state index in [1.807, 2.05) is 0 Å². The summed E-state index contributed by atoms with van der Waals surface area (Å²) in [4.78, 5) is 38.4. The summed E-state index contributed by atoms with van der Waals surface area (Å²) < 4.78 is 100. The molecule has 28 N–H and O–H groups in total. The molecule has 45 atom stereocenters. The van der Waals surface area contributed by atoms with E-state index < -0.39 is 347 Å². The van der Waals surface area contributed by atoms with Crippen LogP contribution in [-0.2, 0) is 94.9 Å². The summed E-state index contributed by atoms with van der Waals surface area (Å²) in [6.45, 7) is -4.42. The number of carbonyl (C=O) groups excluding carboxylic acids is 3. The van der Waals surface area contributed by atoms with Gasteiger partial charge in [0.25, 0.3) is 0 Å². The van der Waals surface area contributed by atoms with Gasteiger partial charge in [-0.3, -0.25) is 14.4 Å². The molecule has 9 rings (SSSR count). The summed E-state index contributed by atoms with van der Waals surface area (Å²) >= 11 is 0. The first-order chi connectivity index (χ1) is 51.0. The summed E-state index contributed by atoms with van der Waals surface area (Å²) in [5.41, 5.74) is 0. The first kappa shape index (κ1) is 88.7. The Hall–Kier alpha value is -3.27. The number of amides is 3. The molecule has 0 aromatic heterocycles. The number of ether oxygens (including phenoxy) is 17. The van der Waals surface area contributed by atoms with Gasteiger partial charge in [-0.15, -0.1) is 0 Å². The Bertz CT molecular complexity index is 2820. The Morgan fingerprint density at radius 3 is 1.07 bits per heavy atom. The molecule has 0 saturated carbocycles. The number of aliphatic hydroxyl groups excluding tert-OH is 25. The predicted molar refractivity (Wildman–Crippen MR) is 330 cm³/mol. The van der Waals surface area contributed by atoms with Crippen LogP contribution in [0.5, 0.6) is 0 Å². The second-order valence-corrected chi connectivity index (χ2v) is 27.5. The lowest BCUT2D eigenvalue weighted by atomic mass is 9.93. The molecule has 0 aromatic rings. The van der Waals surface area contributed by atoms with Crippen molar-refractivity contribution < 1.29 is 223 Å². The Kier molecular flexibility index (Phi) is 31.6. The fraction of sp³-hybridized carbons (Fsp3) is 0.950. The van der Waals surface area contributed by atoms with Gasteiger partial charge in [0.15, 0.2) is 56.6 Å². The van der Waals surface area contributed by atoms with E-state index in [4.69, 9.17) is 80.5 Å². The van der Waals surface area contributed by atoms with Gasteiger partial charge in [-0.1, -0.05) is 0 Å². The highest BCUT2D eigenvalue weighted by atomic mass is 16.8. The Balaban J connectivity index is 1.06. The van der Waals surface area contributed by atoms with Gasteiger partial charge in [0.2, 0.25) is 17.7 Å². The second kappa shape index (κ2) is 38.5. The average molecular weight is 1580 g/mol. The highest BCUT2D eigenvalue weighted by molar-refractivity contribution is 5.74. The van der Waals surface area contributed by atoms with Gasteiger partial charge >= 0.3 is 0 Å². The lowest BCUT2D eigenvalue weighted by Gasteiger charge is -2.51. The van der Waals surface area contributed by atoms with Crippen molar-refractivity contribution in [2.75, 3.05) is 52.9 Å². The number of hydrogen-bond acceptors (Lipinski definition) is 45. The minimum absolute atomic E-state index is 0.844. The van der Waals surface area contributed by atoms with Crippen molar-refractivity contribution in [3.8, 4) is 0 Å². The molecule has 0 bridgehead atoms. The third-order valence-corrected chi connectivity index (χ3v) is 19.9. The van der Waals surface area contributed by atoms with Gasteiger partial charge in [-0.2, -0.15) is 0 Å². The van der Waals surface area contributed by atoms with Crippen LogP contribution in [-0.4, -0.2) is 474 Å². The van der Waals surface area contributed by atoms with Gasteiger partial charge in [-0.25, -0.2) is 0 Å². The molecule has 48 nitrogen and oxygen atoms in total.